The van der Waals surface area contributed by atoms with Crippen molar-refractivity contribution >= 4 is 15.9 Å². The number of nitrogens with one attached hydrogen (secondary N) is 1. The smallest absolute Gasteiger partial charge is 0.129 e. The normalized spacial score (nSPS) is 12.2. The van der Waals surface area contributed by atoms with E-state index in [4.69, 9.17) is 4.74 Å². The SMILES string of the molecule is COc1ccc(F)cc1C(C)NCc1ccc(O)c(Br)c1. The van der Waals surface area contributed by atoms with Gasteiger partial charge in [0.15, 0.2) is 0 Å². The molecule has 0 bridgehead atoms. The highest BCUT2D eigenvalue weighted by molar-refractivity contribution is 9.10. The van der Waals surface area contributed by atoms with E-state index in [1.165, 1.54) is 12.1 Å². The van der Waals surface area contributed by atoms with Crippen LogP contribution in [0.2, 0.25) is 0 Å². The second-order valence-electron chi connectivity index (χ2n) is 4.77. The zero-order chi connectivity index (χ0) is 15.4. The van der Waals surface area contributed by atoms with Crippen molar-refractivity contribution in [1.82, 2.24) is 5.32 Å². The topological polar surface area (TPSA) is 41.5 Å². The summed E-state index contributed by atoms with van der Waals surface area (Å²) in [6, 6.07) is 9.73. The third kappa shape index (κ3) is 3.95. The Hall–Kier alpha value is -1.59. The minimum absolute atomic E-state index is 0.0665. The number of aromatic hydroxyl groups is 1. The quantitative estimate of drug-likeness (QED) is 0.848. The molecule has 0 aliphatic heterocycles. The molecule has 0 saturated carbocycles. The fraction of sp³-hybridized carbons (Fsp3) is 0.250. The van der Waals surface area contributed by atoms with Crippen molar-refractivity contribution < 1.29 is 14.2 Å². The van der Waals surface area contributed by atoms with Gasteiger partial charge >= 0.3 is 0 Å². The Morgan fingerprint density at radius 1 is 1.29 bits per heavy atom. The number of phenolic OH excluding ortho intramolecular Hbond substituents is 1. The lowest BCUT2D eigenvalue weighted by Gasteiger charge is -2.17. The lowest BCUT2D eigenvalue weighted by molar-refractivity contribution is 0.399. The summed E-state index contributed by atoms with van der Waals surface area (Å²) in [6.45, 7) is 2.55. The van der Waals surface area contributed by atoms with Crippen molar-refractivity contribution in [3.8, 4) is 11.5 Å². The van der Waals surface area contributed by atoms with Gasteiger partial charge in [-0.2, -0.15) is 0 Å². The Morgan fingerprint density at radius 3 is 2.71 bits per heavy atom. The molecule has 0 fully saturated rings. The molecule has 1 unspecified atom stereocenters. The summed E-state index contributed by atoms with van der Waals surface area (Å²) in [5.41, 5.74) is 1.79. The van der Waals surface area contributed by atoms with Crippen molar-refractivity contribution in [3.63, 3.8) is 0 Å². The Kier molecular flexibility index (Phi) is 5.20. The first-order valence-electron chi connectivity index (χ1n) is 6.55. The molecule has 2 N–H and O–H groups in total. The molecule has 0 aromatic heterocycles. The number of ether oxygens (including phenoxy) is 1. The molecule has 0 heterocycles. The van der Waals surface area contributed by atoms with Gasteiger partial charge in [0.1, 0.15) is 17.3 Å². The molecule has 0 saturated heterocycles. The van der Waals surface area contributed by atoms with Crippen molar-refractivity contribution in [2.24, 2.45) is 0 Å². The fourth-order valence-electron chi connectivity index (χ4n) is 2.08. The van der Waals surface area contributed by atoms with Crippen LogP contribution in [0.25, 0.3) is 0 Å². The van der Waals surface area contributed by atoms with Gasteiger partial charge in [0.25, 0.3) is 0 Å². The number of hydrogen-bond donors (Lipinski definition) is 2. The molecule has 112 valence electrons. The molecular formula is C16H17BrFNO2. The van der Waals surface area contributed by atoms with Gasteiger partial charge in [-0.1, -0.05) is 6.07 Å². The largest absolute Gasteiger partial charge is 0.507 e. The molecule has 1 atom stereocenters. The van der Waals surface area contributed by atoms with E-state index >= 15 is 0 Å². The highest BCUT2D eigenvalue weighted by Gasteiger charge is 2.12. The first-order chi connectivity index (χ1) is 10.0. The lowest BCUT2D eigenvalue weighted by Crippen LogP contribution is -2.19. The first kappa shape index (κ1) is 15.8. The van der Waals surface area contributed by atoms with Gasteiger partial charge in [-0.15, -0.1) is 0 Å². The number of methoxy groups -OCH3 is 1. The van der Waals surface area contributed by atoms with Gasteiger partial charge < -0.3 is 15.2 Å². The Balaban J connectivity index is 2.09. The summed E-state index contributed by atoms with van der Waals surface area (Å²) in [6.07, 6.45) is 0. The Bertz CT molecular complexity index is 634. The zero-order valence-electron chi connectivity index (χ0n) is 11.9. The van der Waals surface area contributed by atoms with E-state index in [1.54, 1.807) is 19.2 Å². The number of halogens is 2. The van der Waals surface area contributed by atoms with Gasteiger partial charge in [-0.25, -0.2) is 4.39 Å². The standard InChI is InChI=1S/C16H17BrFNO2/c1-10(13-8-12(18)4-6-16(13)21-2)19-9-11-3-5-15(20)14(17)7-11/h3-8,10,19-20H,9H2,1-2H3. The highest BCUT2D eigenvalue weighted by Crippen LogP contribution is 2.27. The second kappa shape index (κ2) is 6.91. The van der Waals surface area contributed by atoms with Crippen molar-refractivity contribution in [1.29, 1.82) is 0 Å². The molecule has 5 heteroatoms. The number of hydrogen-bond acceptors (Lipinski definition) is 3. The molecule has 0 amide bonds. The molecular weight excluding hydrogens is 337 g/mol. The van der Waals surface area contributed by atoms with E-state index < -0.39 is 0 Å². The van der Waals surface area contributed by atoms with Gasteiger partial charge in [0.2, 0.25) is 0 Å². The van der Waals surface area contributed by atoms with Crippen molar-refractivity contribution in [2.45, 2.75) is 19.5 Å². The minimum atomic E-state index is -0.285. The summed E-state index contributed by atoms with van der Waals surface area (Å²) < 4.78 is 19.3. The lowest BCUT2D eigenvalue weighted by atomic mass is 10.1. The average molecular weight is 354 g/mol. The molecule has 2 aromatic rings. The van der Waals surface area contributed by atoms with Gasteiger partial charge in [-0.3, -0.25) is 0 Å². The van der Waals surface area contributed by atoms with Crippen LogP contribution in [0.4, 0.5) is 4.39 Å². The highest BCUT2D eigenvalue weighted by atomic mass is 79.9. The summed E-state index contributed by atoms with van der Waals surface area (Å²) >= 11 is 3.28. The predicted octanol–water partition coefficient (Wildman–Crippen LogP) is 4.15. The zero-order valence-corrected chi connectivity index (χ0v) is 13.4. The molecule has 3 nitrogen and oxygen atoms in total. The summed E-state index contributed by atoms with van der Waals surface area (Å²) in [4.78, 5) is 0. The van der Waals surface area contributed by atoms with Crippen LogP contribution in [0.15, 0.2) is 40.9 Å². The van der Waals surface area contributed by atoms with Crippen LogP contribution in [0, 0.1) is 5.82 Å². The molecule has 0 aliphatic rings. The average Bonchev–Trinajstić information content (AvgIpc) is 2.48. The van der Waals surface area contributed by atoms with E-state index in [0.29, 0.717) is 16.8 Å². The van der Waals surface area contributed by atoms with Crippen LogP contribution in [-0.4, -0.2) is 12.2 Å². The van der Waals surface area contributed by atoms with E-state index in [9.17, 15) is 9.50 Å². The number of benzene rings is 2. The minimum Gasteiger partial charge on any atom is -0.507 e. The Morgan fingerprint density at radius 2 is 2.05 bits per heavy atom. The predicted molar refractivity (Wildman–Crippen MR) is 84.0 cm³/mol. The summed E-state index contributed by atoms with van der Waals surface area (Å²) in [5, 5.41) is 12.8. The molecule has 2 aromatic carbocycles. The summed E-state index contributed by atoms with van der Waals surface area (Å²) in [5.74, 6) is 0.578. The third-order valence-corrected chi connectivity index (χ3v) is 3.92. The monoisotopic (exact) mass is 353 g/mol. The maximum absolute atomic E-state index is 13.4. The maximum Gasteiger partial charge on any atom is 0.129 e. The second-order valence-corrected chi connectivity index (χ2v) is 5.63. The van der Waals surface area contributed by atoms with E-state index in [2.05, 4.69) is 21.2 Å². The van der Waals surface area contributed by atoms with E-state index in [1.807, 2.05) is 19.1 Å². The molecule has 2 rings (SSSR count). The van der Waals surface area contributed by atoms with Crippen molar-refractivity contribution in [3.05, 3.63) is 57.8 Å². The molecule has 0 aliphatic carbocycles. The van der Waals surface area contributed by atoms with Crippen LogP contribution < -0.4 is 10.1 Å². The van der Waals surface area contributed by atoms with Crippen LogP contribution in [-0.2, 0) is 6.54 Å². The van der Waals surface area contributed by atoms with Crippen LogP contribution in [0.1, 0.15) is 24.1 Å². The van der Waals surface area contributed by atoms with E-state index in [-0.39, 0.29) is 17.6 Å². The van der Waals surface area contributed by atoms with Crippen LogP contribution in [0.3, 0.4) is 0 Å². The van der Waals surface area contributed by atoms with Crippen LogP contribution >= 0.6 is 15.9 Å². The van der Waals surface area contributed by atoms with Gasteiger partial charge in [0.05, 0.1) is 11.6 Å². The van der Waals surface area contributed by atoms with Crippen molar-refractivity contribution in [2.75, 3.05) is 7.11 Å². The molecule has 0 radical (unpaired) electrons. The number of rotatable bonds is 5. The van der Waals surface area contributed by atoms with E-state index in [0.717, 1.165) is 11.1 Å². The van der Waals surface area contributed by atoms with Gasteiger partial charge in [-0.05, 0) is 58.7 Å². The molecule has 0 spiro atoms. The first-order valence-corrected chi connectivity index (χ1v) is 7.34. The summed E-state index contributed by atoms with van der Waals surface area (Å²) in [7, 11) is 1.57. The molecule has 21 heavy (non-hydrogen) atoms. The third-order valence-electron chi connectivity index (χ3n) is 3.28. The fourth-order valence-corrected chi connectivity index (χ4v) is 2.51. The maximum atomic E-state index is 13.4. The number of phenols is 1. The van der Waals surface area contributed by atoms with Gasteiger partial charge in [0, 0.05) is 18.2 Å². The Labute approximate surface area is 131 Å². The van der Waals surface area contributed by atoms with Crippen LogP contribution in [0.5, 0.6) is 11.5 Å².